The normalized spacial score (nSPS) is 22.7. The monoisotopic (exact) mass is 258 g/mol. The van der Waals surface area contributed by atoms with Gasteiger partial charge < -0.3 is 20.1 Å². The number of methoxy groups -OCH3 is 1. The van der Waals surface area contributed by atoms with E-state index in [0.717, 1.165) is 19.4 Å². The Balaban J connectivity index is 2.55. The maximum Gasteiger partial charge on any atom is 0.410 e. The van der Waals surface area contributed by atoms with E-state index in [4.69, 9.17) is 15.2 Å². The molecule has 0 aromatic heterocycles. The zero-order valence-electron chi connectivity index (χ0n) is 11.9. The Morgan fingerprint density at radius 1 is 1.50 bits per heavy atom. The molecule has 0 radical (unpaired) electrons. The Morgan fingerprint density at radius 2 is 2.17 bits per heavy atom. The molecule has 1 aliphatic heterocycles. The highest BCUT2D eigenvalue weighted by molar-refractivity contribution is 5.68. The van der Waals surface area contributed by atoms with Crippen molar-refractivity contribution in [3.63, 3.8) is 0 Å². The van der Waals surface area contributed by atoms with E-state index in [1.165, 1.54) is 0 Å². The van der Waals surface area contributed by atoms with Gasteiger partial charge in [-0.05, 0) is 33.6 Å². The van der Waals surface area contributed by atoms with Crippen LogP contribution < -0.4 is 5.73 Å². The highest BCUT2D eigenvalue weighted by Gasteiger charge is 2.31. The number of carbonyl (C=O) groups is 1. The van der Waals surface area contributed by atoms with E-state index in [1.54, 1.807) is 12.0 Å². The molecule has 18 heavy (non-hydrogen) atoms. The van der Waals surface area contributed by atoms with Gasteiger partial charge in [-0.3, -0.25) is 0 Å². The van der Waals surface area contributed by atoms with Crippen LogP contribution in [0.15, 0.2) is 0 Å². The Hall–Kier alpha value is -0.810. The number of likely N-dealkylation sites (tertiary alicyclic amines) is 1. The summed E-state index contributed by atoms with van der Waals surface area (Å²) in [6.07, 6.45) is 1.81. The second-order valence-corrected chi connectivity index (χ2v) is 5.84. The average Bonchev–Trinajstić information content (AvgIpc) is 2.29. The van der Waals surface area contributed by atoms with Crippen molar-refractivity contribution in [1.82, 2.24) is 4.90 Å². The van der Waals surface area contributed by atoms with Crippen LogP contribution in [0.4, 0.5) is 4.79 Å². The molecule has 1 rings (SSSR count). The predicted molar refractivity (Wildman–Crippen MR) is 70.4 cm³/mol. The van der Waals surface area contributed by atoms with Crippen LogP contribution in [0.5, 0.6) is 0 Å². The van der Waals surface area contributed by atoms with Crippen LogP contribution in [-0.2, 0) is 9.47 Å². The first-order valence-electron chi connectivity index (χ1n) is 6.58. The smallest absolute Gasteiger partial charge is 0.410 e. The van der Waals surface area contributed by atoms with Gasteiger partial charge in [0.15, 0.2) is 0 Å². The second-order valence-electron chi connectivity index (χ2n) is 5.84. The summed E-state index contributed by atoms with van der Waals surface area (Å²) in [6, 6.07) is 0. The zero-order valence-corrected chi connectivity index (χ0v) is 11.9. The van der Waals surface area contributed by atoms with Gasteiger partial charge in [-0.15, -0.1) is 0 Å². The van der Waals surface area contributed by atoms with Gasteiger partial charge in [-0.2, -0.15) is 0 Å². The third-order valence-corrected chi connectivity index (χ3v) is 3.17. The maximum atomic E-state index is 12.0. The lowest BCUT2D eigenvalue weighted by atomic mass is 9.92. The van der Waals surface area contributed by atoms with Gasteiger partial charge in [0, 0.05) is 32.7 Å². The third kappa shape index (κ3) is 4.46. The summed E-state index contributed by atoms with van der Waals surface area (Å²) in [5, 5.41) is 0. The summed E-state index contributed by atoms with van der Waals surface area (Å²) in [5.41, 5.74) is 5.23. The number of nitrogens with zero attached hydrogens (tertiary/aromatic N) is 1. The fourth-order valence-corrected chi connectivity index (χ4v) is 2.29. The molecule has 0 spiro atoms. The number of piperidine rings is 1. The quantitative estimate of drug-likeness (QED) is 0.835. The molecule has 2 unspecified atom stereocenters. The summed E-state index contributed by atoms with van der Waals surface area (Å²) in [5.74, 6) is 0.307. The highest BCUT2D eigenvalue weighted by atomic mass is 16.6. The highest BCUT2D eigenvalue weighted by Crippen LogP contribution is 2.22. The van der Waals surface area contributed by atoms with Crippen molar-refractivity contribution >= 4 is 6.09 Å². The molecule has 5 nitrogen and oxygen atoms in total. The van der Waals surface area contributed by atoms with Crippen LogP contribution in [0.3, 0.4) is 0 Å². The molecule has 2 atom stereocenters. The number of amides is 1. The molecule has 0 aromatic rings. The lowest BCUT2D eigenvalue weighted by Crippen LogP contribution is -2.47. The number of rotatable bonds is 3. The van der Waals surface area contributed by atoms with Crippen molar-refractivity contribution < 1.29 is 14.3 Å². The number of ether oxygens (including phenoxy) is 2. The first-order valence-corrected chi connectivity index (χ1v) is 6.58. The van der Waals surface area contributed by atoms with Crippen molar-refractivity contribution in [2.75, 3.05) is 26.7 Å². The van der Waals surface area contributed by atoms with E-state index in [0.29, 0.717) is 19.0 Å². The number of hydrogen-bond donors (Lipinski definition) is 1. The van der Waals surface area contributed by atoms with E-state index >= 15 is 0 Å². The van der Waals surface area contributed by atoms with Gasteiger partial charge in [0.25, 0.3) is 0 Å². The van der Waals surface area contributed by atoms with Crippen molar-refractivity contribution in [3.05, 3.63) is 0 Å². The van der Waals surface area contributed by atoms with E-state index in [9.17, 15) is 4.79 Å². The molecule has 0 aromatic carbocycles. The standard InChI is InChI=1S/C13H26N2O3/c1-13(2,3)18-12(16)15-7-5-6-10(9-15)11(8-14)17-4/h10-11H,5-9,14H2,1-4H3. The van der Waals surface area contributed by atoms with Crippen LogP contribution in [0.1, 0.15) is 33.6 Å². The largest absolute Gasteiger partial charge is 0.444 e. The van der Waals surface area contributed by atoms with E-state index < -0.39 is 5.60 Å². The zero-order chi connectivity index (χ0) is 13.8. The van der Waals surface area contributed by atoms with E-state index in [1.807, 2.05) is 20.8 Å². The molecule has 2 N–H and O–H groups in total. The van der Waals surface area contributed by atoms with Crippen LogP contribution in [-0.4, -0.2) is 49.4 Å². The van der Waals surface area contributed by atoms with Gasteiger partial charge in [-0.25, -0.2) is 4.79 Å². The van der Waals surface area contributed by atoms with E-state index in [2.05, 4.69) is 0 Å². The summed E-state index contributed by atoms with van der Waals surface area (Å²) in [4.78, 5) is 13.8. The molecule has 0 saturated carbocycles. The van der Waals surface area contributed by atoms with Crippen molar-refractivity contribution in [3.8, 4) is 0 Å². The molecule has 1 amide bonds. The molecular weight excluding hydrogens is 232 g/mol. The van der Waals surface area contributed by atoms with E-state index in [-0.39, 0.29) is 12.2 Å². The average molecular weight is 258 g/mol. The SMILES string of the molecule is COC(CN)C1CCCN(C(=O)OC(C)(C)C)C1. The van der Waals surface area contributed by atoms with Gasteiger partial charge in [0.1, 0.15) is 5.60 Å². The second kappa shape index (κ2) is 6.38. The molecule has 0 aliphatic carbocycles. The third-order valence-electron chi connectivity index (χ3n) is 3.17. The Labute approximate surface area is 110 Å². The Kier molecular flexibility index (Phi) is 5.41. The summed E-state index contributed by atoms with van der Waals surface area (Å²) >= 11 is 0. The molecule has 106 valence electrons. The lowest BCUT2D eigenvalue weighted by molar-refractivity contribution is -0.00547. The van der Waals surface area contributed by atoms with Crippen molar-refractivity contribution in [2.45, 2.75) is 45.3 Å². The van der Waals surface area contributed by atoms with Crippen molar-refractivity contribution in [1.29, 1.82) is 0 Å². The molecule has 1 aliphatic rings. The molecule has 5 heteroatoms. The molecular formula is C13H26N2O3. The van der Waals surface area contributed by atoms with Crippen LogP contribution >= 0.6 is 0 Å². The molecule has 0 bridgehead atoms. The Bertz CT molecular complexity index is 272. The summed E-state index contributed by atoms with van der Waals surface area (Å²) in [7, 11) is 1.67. The van der Waals surface area contributed by atoms with Crippen LogP contribution in [0.2, 0.25) is 0 Å². The van der Waals surface area contributed by atoms with Crippen molar-refractivity contribution in [2.24, 2.45) is 11.7 Å². The maximum absolute atomic E-state index is 12.0. The summed E-state index contributed by atoms with van der Waals surface area (Å²) in [6.45, 7) is 7.55. The lowest BCUT2D eigenvalue weighted by Gasteiger charge is -2.36. The van der Waals surface area contributed by atoms with Gasteiger partial charge in [0.05, 0.1) is 6.10 Å². The molecule has 1 saturated heterocycles. The van der Waals surface area contributed by atoms with Gasteiger partial charge >= 0.3 is 6.09 Å². The molecule has 1 heterocycles. The van der Waals surface area contributed by atoms with Gasteiger partial charge in [-0.1, -0.05) is 0 Å². The fraction of sp³-hybridized carbons (Fsp3) is 0.923. The Morgan fingerprint density at radius 3 is 2.67 bits per heavy atom. The first-order chi connectivity index (χ1) is 8.37. The van der Waals surface area contributed by atoms with Gasteiger partial charge in [0.2, 0.25) is 0 Å². The van der Waals surface area contributed by atoms with Crippen LogP contribution in [0, 0.1) is 5.92 Å². The number of nitrogens with two attached hydrogens (primary N) is 1. The summed E-state index contributed by atoms with van der Waals surface area (Å²) < 4.78 is 10.8. The number of carbonyl (C=O) groups excluding carboxylic acids is 1. The minimum atomic E-state index is -0.446. The fourth-order valence-electron chi connectivity index (χ4n) is 2.29. The predicted octanol–water partition coefficient (Wildman–Crippen LogP) is 1.61. The minimum absolute atomic E-state index is 0.0234. The van der Waals surface area contributed by atoms with Crippen LogP contribution in [0.25, 0.3) is 0 Å². The molecule has 1 fully saturated rings. The first kappa shape index (κ1) is 15.2. The topological polar surface area (TPSA) is 64.8 Å². The minimum Gasteiger partial charge on any atom is -0.444 e. The number of hydrogen-bond acceptors (Lipinski definition) is 4.